The highest BCUT2D eigenvalue weighted by atomic mass is 35.5. The molecule has 1 aromatic carbocycles. The molecule has 0 aliphatic rings. The number of para-hydroxylation sites is 1. The lowest BCUT2D eigenvalue weighted by molar-refractivity contribution is 0.0527. The monoisotopic (exact) mass is 377 g/mol. The third-order valence-corrected chi connectivity index (χ3v) is 4.32. The molecule has 1 heterocycles. The Bertz CT molecular complexity index is 808. The minimum Gasteiger partial charge on any atom is -0.491 e. The number of pyridine rings is 1. The van der Waals surface area contributed by atoms with E-state index < -0.39 is 5.97 Å². The average molecular weight is 378 g/mol. The fourth-order valence-electron chi connectivity index (χ4n) is 1.92. The predicted octanol–water partition coefficient (Wildman–Crippen LogP) is 3.54. The average Bonchev–Trinajstić information content (AvgIpc) is 2.60. The van der Waals surface area contributed by atoms with Gasteiger partial charge in [0.25, 0.3) is 0 Å². The zero-order chi connectivity index (χ0) is 18.2. The van der Waals surface area contributed by atoms with Crippen molar-refractivity contribution in [3.8, 4) is 11.8 Å². The molecule has 0 spiro atoms. The summed E-state index contributed by atoms with van der Waals surface area (Å²) in [7, 11) is 0. The SMILES string of the molecule is CCOC(=O)c1cc(C#N)c(SCCOc2ccccc2Cl)nc1N. The number of nitrogen functional groups attached to an aromatic ring is 1. The molecule has 8 heteroatoms. The van der Waals surface area contributed by atoms with Crippen LogP contribution in [0.15, 0.2) is 35.4 Å². The molecule has 130 valence electrons. The molecule has 0 amide bonds. The van der Waals surface area contributed by atoms with Gasteiger partial charge in [-0.3, -0.25) is 0 Å². The van der Waals surface area contributed by atoms with E-state index in [4.69, 9.17) is 26.8 Å². The number of halogens is 1. The van der Waals surface area contributed by atoms with Gasteiger partial charge in [0.05, 0.1) is 23.8 Å². The van der Waals surface area contributed by atoms with E-state index in [9.17, 15) is 10.1 Å². The Balaban J connectivity index is 2.02. The zero-order valence-corrected chi connectivity index (χ0v) is 15.1. The van der Waals surface area contributed by atoms with Crippen LogP contribution in [0.25, 0.3) is 0 Å². The molecule has 2 aromatic rings. The lowest BCUT2D eigenvalue weighted by Crippen LogP contribution is -2.11. The second-order valence-electron chi connectivity index (χ2n) is 4.73. The maximum atomic E-state index is 11.8. The number of nitrogens with zero attached hydrogens (tertiary/aromatic N) is 2. The molecule has 0 aliphatic carbocycles. The Kier molecular flexibility index (Phi) is 6.92. The van der Waals surface area contributed by atoms with Crippen LogP contribution >= 0.6 is 23.4 Å². The third kappa shape index (κ3) is 5.02. The molecular formula is C17H16ClN3O3S. The van der Waals surface area contributed by atoms with Crippen molar-refractivity contribution < 1.29 is 14.3 Å². The van der Waals surface area contributed by atoms with Crippen LogP contribution < -0.4 is 10.5 Å². The van der Waals surface area contributed by atoms with Crippen LogP contribution in [0, 0.1) is 11.3 Å². The van der Waals surface area contributed by atoms with E-state index in [0.29, 0.717) is 28.2 Å². The first kappa shape index (κ1) is 18.9. The summed E-state index contributed by atoms with van der Waals surface area (Å²) in [4.78, 5) is 15.9. The normalized spacial score (nSPS) is 10.1. The fourth-order valence-corrected chi connectivity index (χ4v) is 2.90. The summed E-state index contributed by atoms with van der Waals surface area (Å²) >= 11 is 7.32. The Hall–Kier alpha value is -2.43. The summed E-state index contributed by atoms with van der Waals surface area (Å²) in [5.74, 6) is 0.565. The second kappa shape index (κ2) is 9.16. The molecule has 0 unspecified atom stereocenters. The van der Waals surface area contributed by atoms with E-state index in [2.05, 4.69) is 4.98 Å². The molecule has 0 saturated heterocycles. The largest absolute Gasteiger partial charge is 0.491 e. The van der Waals surface area contributed by atoms with Crippen LogP contribution in [-0.4, -0.2) is 29.9 Å². The third-order valence-electron chi connectivity index (χ3n) is 3.05. The van der Waals surface area contributed by atoms with E-state index in [1.807, 2.05) is 18.2 Å². The molecule has 0 saturated carbocycles. The van der Waals surface area contributed by atoms with E-state index in [0.717, 1.165) is 0 Å². The number of benzene rings is 1. The number of carbonyl (C=O) groups is 1. The number of anilines is 1. The van der Waals surface area contributed by atoms with Gasteiger partial charge in [0.2, 0.25) is 0 Å². The minimum atomic E-state index is -0.595. The van der Waals surface area contributed by atoms with Crippen LogP contribution in [0.2, 0.25) is 5.02 Å². The van der Waals surface area contributed by atoms with Gasteiger partial charge < -0.3 is 15.2 Å². The van der Waals surface area contributed by atoms with Crippen LogP contribution in [0.4, 0.5) is 5.82 Å². The quantitative estimate of drug-likeness (QED) is 0.447. The summed E-state index contributed by atoms with van der Waals surface area (Å²) in [5, 5.41) is 10.2. The smallest absolute Gasteiger partial charge is 0.341 e. The Morgan fingerprint density at radius 1 is 1.44 bits per heavy atom. The first-order valence-electron chi connectivity index (χ1n) is 7.44. The molecule has 6 nitrogen and oxygen atoms in total. The highest BCUT2D eigenvalue weighted by molar-refractivity contribution is 7.99. The predicted molar refractivity (Wildman–Crippen MR) is 97.0 cm³/mol. The van der Waals surface area contributed by atoms with Crippen LogP contribution in [-0.2, 0) is 4.74 Å². The molecule has 0 radical (unpaired) electrons. The molecule has 0 bridgehead atoms. The first-order valence-corrected chi connectivity index (χ1v) is 8.81. The van der Waals surface area contributed by atoms with Gasteiger partial charge in [0, 0.05) is 5.75 Å². The molecule has 2 N–H and O–H groups in total. The number of esters is 1. The van der Waals surface area contributed by atoms with Crippen LogP contribution in [0.3, 0.4) is 0 Å². The number of ether oxygens (including phenoxy) is 2. The lowest BCUT2D eigenvalue weighted by Gasteiger charge is -2.10. The number of aromatic nitrogens is 1. The van der Waals surface area contributed by atoms with Crippen molar-refractivity contribution in [2.45, 2.75) is 11.9 Å². The van der Waals surface area contributed by atoms with Crippen molar-refractivity contribution >= 4 is 35.1 Å². The zero-order valence-electron chi connectivity index (χ0n) is 13.5. The maximum absolute atomic E-state index is 11.8. The highest BCUT2D eigenvalue weighted by Crippen LogP contribution is 2.26. The van der Waals surface area contributed by atoms with Gasteiger partial charge in [0.15, 0.2) is 0 Å². The first-order chi connectivity index (χ1) is 12.1. The number of nitriles is 1. The topological polar surface area (TPSA) is 98.2 Å². The molecule has 0 atom stereocenters. The van der Waals surface area contributed by atoms with Gasteiger partial charge >= 0.3 is 5.97 Å². The van der Waals surface area contributed by atoms with E-state index in [-0.39, 0.29) is 23.6 Å². The van der Waals surface area contributed by atoms with Crippen molar-refractivity contribution in [3.05, 3.63) is 46.5 Å². The van der Waals surface area contributed by atoms with E-state index >= 15 is 0 Å². The van der Waals surface area contributed by atoms with Gasteiger partial charge in [-0.25, -0.2) is 9.78 Å². The van der Waals surface area contributed by atoms with Gasteiger partial charge in [0.1, 0.15) is 28.2 Å². The Morgan fingerprint density at radius 3 is 2.88 bits per heavy atom. The molecule has 25 heavy (non-hydrogen) atoms. The molecule has 0 fully saturated rings. The van der Waals surface area contributed by atoms with Crippen molar-refractivity contribution in [2.24, 2.45) is 0 Å². The van der Waals surface area contributed by atoms with Crippen LogP contribution in [0.5, 0.6) is 5.75 Å². The van der Waals surface area contributed by atoms with Gasteiger partial charge in [-0.15, -0.1) is 11.8 Å². The van der Waals surface area contributed by atoms with Gasteiger partial charge in [-0.2, -0.15) is 5.26 Å². The maximum Gasteiger partial charge on any atom is 0.341 e. The number of rotatable bonds is 7. The summed E-state index contributed by atoms with van der Waals surface area (Å²) in [6.07, 6.45) is 0. The number of hydrogen-bond donors (Lipinski definition) is 1. The van der Waals surface area contributed by atoms with Crippen molar-refractivity contribution in [1.82, 2.24) is 4.98 Å². The lowest BCUT2D eigenvalue weighted by atomic mass is 10.2. The standard InChI is InChI=1S/C17H16ClN3O3S/c1-2-23-17(22)12-9-11(10-19)16(21-15(12)20)25-8-7-24-14-6-4-3-5-13(14)18/h3-6,9H,2,7-8H2,1H3,(H2,20,21). The van der Waals surface area contributed by atoms with Crippen molar-refractivity contribution in [1.29, 1.82) is 5.26 Å². The van der Waals surface area contributed by atoms with Gasteiger partial charge in [-0.1, -0.05) is 23.7 Å². The second-order valence-corrected chi connectivity index (χ2v) is 6.22. The number of carbonyl (C=O) groups excluding carboxylic acids is 1. The van der Waals surface area contributed by atoms with E-state index in [1.165, 1.54) is 17.8 Å². The van der Waals surface area contributed by atoms with Crippen molar-refractivity contribution in [2.75, 3.05) is 24.7 Å². The minimum absolute atomic E-state index is 0.0342. The number of nitrogens with two attached hydrogens (primary N) is 1. The molecule has 0 aliphatic heterocycles. The Morgan fingerprint density at radius 2 is 2.20 bits per heavy atom. The summed E-state index contributed by atoms with van der Waals surface area (Å²) < 4.78 is 10.5. The van der Waals surface area contributed by atoms with E-state index in [1.54, 1.807) is 19.1 Å². The summed E-state index contributed by atoms with van der Waals surface area (Å²) in [6, 6.07) is 10.6. The molecule has 2 rings (SSSR count). The molecular weight excluding hydrogens is 362 g/mol. The van der Waals surface area contributed by atoms with Gasteiger partial charge in [-0.05, 0) is 25.1 Å². The number of hydrogen-bond acceptors (Lipinski definition) is 7. The number of thioether (sulfide) groups is 1. The highest BCUT2D eigenvalue weighted by Gasteiger charge is 2.17. The molecule has 1 aromatic heterocycles. The van der Waals surface area contributed by atoms with Crippen LogP contribution in [0.1, 0.15) is 22.8 Å². The van der Waals surface area contributed by atoms with Crippen molar-refractivity contribution in [3.63, 3.8) is 0 Å². The summed E-state index contributed by atoms with van der Waals surface area (Å²) in [5.41, 5.74) is 6.16. The Labute approximate surface area is 154 Å². The fraction of sp³-hybridized carbons (Fsp3) is 0.235. The summed E-state index contributed by atoms with van der Waals surface area (Å²) in [6.45, 7) is 2.28.